The van der Waals surface area contributed by atoms with Crippen LogP contribution in [0.2, 0.25) is 0 Å². The van der Waals surface area contributed by atoms with Gasteiger partial charge in [-0.25, -0.2) is 0 Å². The van der Waals surface area contributed by atoms with Crippen LogP contribution in [0.5, 0.6) is 0 Å². The maximum Gasteiger partial charge on any atom is 0.173 e. The van der Waals surface area contributed by atoms with Crippen molar-refractivity contribution in [1.82, 2.24) is 5.32 Å². The second-order valence-electron chi connectivity index (χ2n) is 6.57. The smallest absolute Gasteiger partial charge is 0.173 e. The molecule has 4 heteroatoms. The van der Waals surface area contributed by atoms with Crippen LogP contribution >= 0.6 is 0 Å². The highest BCUT2D eigenvalue weighted by Crippen LogP contribution is 2.33. The van der Waals surface area contributed by atoms with Crippen molar-refractivity contribution in [3.8, 4) is 0 Å². The fourth-order valence-electron chi connectivity index (χ4n) is 2.28. The fourth-order valence-corrected chi connectivity index (χ4v) is 2.28. The Kier molecular flexibility index (Phi) is 4.32. The van der Waals surface area contributed by atoms with Gasteiger partial charge in [-0.1, -0.05) is 20.8 Å². The van der Waals surface area contributed by atoms with E-state index >= 15 is 0 Å². The molecule has 1 N–H and O–H groups in total. The molecule has 2 fully saturated rings. The van der Waals surface area contributed by atoms with Gasteiger partial charge in [-0.2, -0.15) is 0 Å². The molecular weight excluding hydrogens is 230 g/mol. The quantitative estimate of drug-likeness (QED) is 0.838. The van der Waals surface area contributed by atoms with Crippen LogP contribution in [0.3, 0.4) is 0 Å². The lowest BCUT2D eigenvalue weighted by molar-refractivity contribution is -0.210. The second kappa shape index (κ2) is 5.45. The lowest BCUT2D eigenvalue weighted by atomic mass is 9.88. The highest BCUT2D eigenvalue weighted by molar-refractivity contribution is 4.84. The summed E-state index contributed by atoms with van der Waals surface area (Å²) in [7, 11) is 0. The van der Waals surface area contributed by atoms with E-state index in [-0.39, 0.29) is 17.3 Å². The minimum Gasteiger partial charge on any atom is -0.381 e. The van der Waals surface area contributed by atoms with Crippen LogP contribution in [0, 0.1) is 5.41 Å². The number of hydrogen-bond acceptors (Lipinski definition) is 4. The largest absolute Gasteiger partial charge is 0.381 e. The highest BCUT2D eigenvalue weighted by Gasteiger charge is 2.42. The molecule has 0 bridgehead atoms. The third kappa shape index (κ3) is 3.44. The van der Waals surface area contributed by atoms with Crippen LogP contribution in [-0.2, 0) is 14.2 Å². The average Bonchev–Trinajstić information content (AvgIpc) is 2.69. The van der Waals surface area contributed by atoms with Crippen molar-refractivity contribution in [2.75, 3.05) is 26.4 Å². The zero-order valence-corrected chi connectivity index (χ0v) is 12.1. The highest BCUT2D eigenvalue weighted by atomic mass is 16.7. The molecule has 4 nitrogen and oxygen atoms in total. The third-order valence-electron chi connectivity index (χ3n) is 4.12. The predicted octanol–water partition coefficient (Wildman–Crippen LogP) is 1.93. The van der Waals surface area contributed by atoms with Crippen LogP contribution in [-0.4, -0.2) is 44.3 Å². The molecule has 2 heterocycles. The van der Waals surface area contributed by atoms with E-state index in [0.717, 1.165) is 32.6 Å². The van der Waals surface area contributed by atoms with E-state index in [1.54, 1.807) is 0 Å². The van der Waals surface area contributed by atoms with E-state index in [2.05, 4.69) is 33.0 Å². The summed E-state index contributed by atoms with van der Waals surface area (Å²) in [4.78, 5) is 0. The van der Waals surface area contributed by atoms with E-state index in [4.69, 9.17) is 14.2 Å². The van der Waals surface area contributed by atoms with Crippen molar-refractivity contribution in [3.05, 3.63) is 0 Å². The maximum atomic E-state index is 6.09. The molecule has 0 amide bonds. The fraction of sp³-hybridized carbons (Fsp3) is 1.00. The van der Waals surface area contributed by atoms with Gasteiger partial charge >= 0.3 is 0 Å². The Balaban J connectivity index is 1.76. The molecule has 0 radical (unpaired) electrons. The molecule has 0 aromatic rings. The summed E-state index contributed by atoms with van der Waals surface area (Å²) in [6.07, 6.45) is 1.89. The lowest BCUT2D eigenvalue weighted by Crippen LogP contribution is -2.43. The van der Waals surface area contributed by atoms with Crippen molar-refractivity contribution < 1.29 is 14.2 Å². The van der Waals surface area contributed by atoms with Gasteiger partial charge in [0.1, 0.15) is 0 Å². The normalized spacial score (nSPS) is 29.7. The van der Waals surface area contributed by atoms with E-state index in [9.17, 15) is 0 Å². The molecule has 106 valence electrons. The van der Waals surface area contributed by atoms with Crippen LogP contribution < -0.4 is 5.32 Å². The Bertz CT molecular complexity index is 269. The third-order valence-corrected chi connectivity index (χ3v) is 4.12. The SMILES string of the molecule is C[C@@H](NC[C@H]1COC2(CCOCC2)O1)C(C)(C)C. The number of rotatable bonds is 3. The van der Waals surface area contributed by atoms with Gasteiger partial charge < -0.3 is 19.5 Å². The van der Waals surface area contributed by atoms with Gasteiger partial charge in [0.2, 0.25) is 0 Å². The van der Waals surface area contributed by atoms with Gasteiger partial charge in [0.25, 0.3) is 0 Å². The van der Waals surface area contributed by atoms with Crippen molar-refractivity contribution in [2.24, 2.45) is 5.41 Å². The number of ether oxygens (including phenoxy) is 3. The van der Waals surface area contributed by atoms with Crippen molar-refractivity contribution in [2.45, 2.75) is 58.5 Å². The first-order chi connectivity index (χ1) is 8.41. The van der Waals surface area contributed by atoms with Crippen molar-refractivity contribution in [1.29, 1.82) is 0 Å². The molecule has 18 heavy (non-hydrogen) atoms. The predicted molar refractivity (Wildman–Crippen MR) is 70.5 cm³/mol. The monoisotopic (exact) mass is 257 g/mol. The minimum atomic E-state index is -0.352. The summed E-state index contributed by atoms with van der Waals surface area (Å²) >= 11 is 0. The van der Waals surface area contributed by atoms with Gasteiger partial charge in [-0.3, -0.25) is 0 Å². The van der Waals surface area contributed by atoms with Gasteiger partial charge in [0.05, 0.1) is 25.9 Å². The summed E-state index contributed by atoms with van der Waals surface area (Å²) in [5.41, 5.74) is 0.274. The van der Waals surface area contributed by atoms with Crippen LogP contribution in [0.25, 0.3) is 0 Å². The Morgan fingerprint density at radius 3 is 2.56 bits per heavy atom. The summed E-state index contributed by atoms with van der Waals surface area (Å²) in [5, 5.41) is 3.55. The van der Waals surface area contributed by atoms with E-state index in [1.807, 2.05) is 0 Å². The molecule has 2 aliphatic rings. The summed E-state index contributed by atoms with van der Waals surface area (Å²) in [6.45, 7) is 12.0. The van der Waals surface area contributed by atoms with Gasteiger partial charge in [-0.05, 0) is 12.3 Å². The molecule has 0 aliphatic carbocycles. The molecule has 2 rings (SSSR count). The van der Waals surface area contributed by atoms with Crippen molar-refractivity contribution >= 4 is 0 Å². The Labute approximate surface area is 110 Å². The zero-order chi connectivity index (χ0) is 13.2. The van der Waals surface area contributed by atoms with Crippen LogP contribution in [0.15, 0.2) is 0 Å². The van der Waals surface area contributed by atoms with Gasteiger partial charge in [0.15, 0.2) is 5.79 Å². The molecule has 1 spiro atoms. The number of nitrogens with one attached hydrogen (secondary N) is 1. The lowest BCUT2D eigenvalue weighted by Gasteiger charge is -2.32. The average molecular weight is 257 g/mol. The molecule has 0 unspecified atom stereocenters. The first kappa shape index (κ1) is 14.3. The molecule has 2 atom stereocenters. The van der Waals surface area contributed by atoms with Gasteiger partial charge in [0, 0.05) is 25.4 Å². The van der Waals surface area contributed by atoms with E-state index in [0.29, 0.717) is 12.6 Å². The molecule has 2 saturated heterocycles. The Morgan fingerprint density at radius 2 is 1.94 bits per heavy atom. The maximum absolute atomic E-state index is 6.09. The zero-order valence-electron chi connectivity index (χ0n) is 12.1. The van der Waals surface area contributed by atoms with Gasteiger partial charge in [-0.15, -0.1) is 0 Å². The molecule has 0 saturated carbocycles. The first-order valence-corrected chi connectivity index (χ1v) is 7.04. The minimum absolute atomic E-state index is 0.174. The standard InChI is InChI=1S/C14H27NO3/c1-11(13(2,3)4)15-9-12-10-17-14(18-12)5-7-16-8-6-14/h11-12,15H,5-10H2,1-4H3/t11-,12+/m1/s1. The summed E-state index contributed by atoms with van der Waals surface area (Å²) < 4.78 is 17.3. The molecule has 2 aliphatic heterocycles. The summed E-state index contributed by atoms with van der Waals surface area (Å²) in [6, 6.07) is 0.465. The summed E-state index contributed by atoms with van der Waals surface area (Å²) in [5.74, 6) is -0.352. The molecule has 0 aromatic heterocycles. The Hall–Kier alpha value is -0.160. The Morgan fingerprint density at radius 1 is 1.28 bits per heavy atom. The number of hydrogen-bond donors (Lipinski definition) is 1. The first-order valence-electron chi connectivity index (χ1n) is 7.04. The topological polar surface area (TPSA) is 39.7 Å². The second-order valence-corrected chi connectivity index (χ2v) is 6.57. The molecule has 0 aromatic carbocycles. The van der Waals surface area contributed by atoms with Crippen LogP contribution in [0.1, 0.15) is 40.5 Å². The molecular formula is C14H27NO3. The van der Waals surface area contributed by atoms with Crippen LogP contribution in [0.4, 0.5) is 0 Å². The van der Waals surface area contributed by atoms with E-state index < -0.39 is 0 Å². The van der Waals surface area contributed by atoms with E-state index in [1.165, 1.54) is 0 Å². The van der Waals surface area contributed by atoms with Crippen molar-refractivity contribution in [3.63, 3.8) is 0 Å².